The number of ether oxygens (including phenoxy) is 1. The number of H-pyrrole nitrogens is 1. The fourth-order valence-corrected chi connectivity index (χ4v) is 4.22. The largest absolute Gasteiger partial charge is 0.378 e. The van der Waals surface area contributed by atoms with E-state index in [0.29, 0.717) is 31.2 Å². The number of anilines is 3. The Morgan fingerprint density at radius 2 is 1.64 bits per heavy atom. The molecule has 0 saturated carbocycles. The first-order valence-electron chi connectivity index (χ1n) is 11.7. The lowest BCUT2D eigenvalue weighted by Gasteiger charge is -2.28. The molecule has 3 heterocycles. The highest BCUT2D eigenvalue weighted by molar-refractivity contribution is 5.86. The molecule has 0 bridgehead atoms. The molecule has 7 nitrogen and oxygen atoms in total. The minimum absolute atomic E-state index is 0.673. The first-order valence-corrected chi connectivity index (χ1v) is 11.7. The maximum atomic E-state index is 5.57. The van der Waals surface area contributed by atoms with E-state index in [4.69, 9.17) is 19.7 Å². The van der Waals surface area contributed by atoms with Crippen molar-refractivity contribution in [2.24, 2.45) is 0 Å². The van der Waals surface area contributed by atoms with Crippen molar-refractivity contribution < 1.29 is 4.74 Å². The molecule has 2 aromatic heterocycles. The summed E-state index contributed by atoms with van der Waals surface area (Å²) in [5.74, 6) is 2.35. The number of hydrogen-bond acceptors (Lipinski definition) is 6. The summed E-state index contributed by atoms with van der Waals surface area (Å²) in [4.78, 5) is 20.3. The van der Waals surface area contributed by atoms with Crippen molar-refractivity contribution in [3.63, 3.8) is 0 Å². The molecule has 0 aliphatic carbocycles. The maximum Gasteiger partial charge on any atom is 0.207 e. The van der Waals surface area contributed by atoms with E-state index in [-0.39, 0.29) is 0 Å². The molecule has 2 aromatic carbocycles. The van der Waals surface area contributed by atoms with E-state index in [1.165, 1.54) is 16.7 Å². The van der Waals surface area contributed by atoms with Crippen molar-refractivity contribution in [1.29, 1.82) is 0 Å². The van der Waals surface area contributed by atoms with Crippen LogP contribution < -0.4 is 10.2 Å². The molecule has 0 unspecified atom stereocenters. The second-order valence-corrected chi connectivity index (χ2v) is 8.38. The molecule has 1 fully saturated rings. The van der Waals surface area contributed by atoms with Crippen molar-refractivity contribution in [2.75, 3.05) is 36.5 Å². The van der Waals surface area contributed by atoms with E-state index in [0.717, 1.165) is 48.8 Å². The molecule has 170 valence electrons. The Hall–Kier alpha value is -3.45. The second-order valence-electron chi connectivity index (χ2n) is 8.38. The summed E-state index contributed by atoms with van der Waals surface area (Å²) in [6, 6.07) is 17.0. The lowest BCUT2D eigenvalue weighted by Crippen LogP contribution is -2.37. The summed E-state index contributed by atoms with van der Waals surface area (Å²) in [5.41, 5.74) is 6.36. The monoisotopic (exact) mass is 442 g/mol. The van der Waals surface area contributed by atoms with Gasteiger partial charge in [-0.25, -0.2) is 9.97 Å². The predicted octanol–water partition coefficient (Wildman–Crippen LogP) is 4.65. The van der Waals surface area contributed by atoms with Gasteiger partial charge in [0.05, 0.1) is 13.2 Å². The molecular formula is C26H30N6O. The summed E-state index contributed by atoms with van der Waals surface area (Å²) in [6.07, 6.45) is 2.68. The van der Waals surface area contributed by atoms with Crippen LogP contribution in [0, 0.1) is 0 Å². The Morgan fingerprint density at radius 1 is 0.909 bits per heavy atom. The van der Waals surface area contributed by atoms with Crippen molar-refractivity contribution in [3.05, 3.63) is 71.0 Å². The Bertz CT molecular complexity index is 1240. The predicted molar refractivity (Wildman–Crippen MR) is 132 cm³/mol. The van der Waals surface area contributed by atoms with Gasteiger partial charge in [-0.15, -0.1) is 0 Å². The van der Waals surface area contributed by atoms with Crippen LogP contribution in [0.5, 0.6) is 0 Å². The van der Waals surface area contributed by atoms with Gasteiger partial charge in [-0.3, -0.25) is 0 Å². The Labute approximate surface area is 194 Å². The molecule has 5 rings (SSSR count). The molecule has 2 N–H and O–H groups in total. The third kappa shape index (κ3) is 4.83. The number of imidazole rings is 1. The number of nitrogens with one attached hydrogen (secondary N) is 2. The number of benzene rings is 2. The second kappa shape index (κ2) is 9.58. The highest BCUT2D eigenvalue weighted by Gasteiger charge is 2.20. The zero-order valence-electron chi connectivity index (χ0n) is 19.3. The van der Waals surface area contributed by atoms with Crippen LogP contribution in [0.15, 0.2) is 48.5 Å². The van der Waals surface area contributed by atoms with Crippen molar-refractivity contribution in [3.8, 4) is 0 Å². The van der Waals surface area contributed by atoms with Crippen molar-refractivity contribution in [2.45, 2.75) is 33.1 Å². The molecule has 4 aromatic rings. The molecule has 1 saturated heterocycles. The van der Waals surface area contributed by atoms with Gasteiger partial charge in [-0.2, -0.15) is 4.98 Å². The van der Waals surface area contributed by atoms with Gasteiger partial charge in [0.1, 0.15) is 11.3 Å². The van der Waals surface area contributed by atoms with E-state index in [1.807, 2.05) is 6.07 Å². The normalized spacial score (nSPS) is 14.1. The number of morpholine rings is 1. The van der Waals surface area contributed by atoms with Crippen LogP contribution in [0.3, 0.4) is 0 Å². The number of aromatic amines is 1. The molecule has 0 radical (unpaired) electrons. The lowest BCUT2D eigenvalue weighted by atomic mass is 10.1. The summed E-state index contributed by atoms with van der Waals surface area (Å²) in [6.45, 7) is 7.33. The number of nitrogens with zero attached hydrogens (tertiary/aromatic N) is 4. The quantitative estimate of drug-likeness (QED) is 0.434. The summed E-state index contributed by atoms with van der Waals surface area (Å²) in [7, 11) is 0. The van der Waals surface area contributed by atoms with Crippen molar-refractivity contribution in [1.82, 2.24) is 19.9 Å². The fourth-order valence-electron chi connectivity index (χ4n) is 4.22. The third-order valence-electron chi connectivity index (χ3n) is 6.05. The Morgan fingerprint density at radius 3 is 2.42 bits per heavy atom. The zero-order chi connectivity index (χ0) is 22.6. The molecule has 0 spiro atoms. The van der Waals surface area contributed by atoms with Crippen LogP contribution in [0.1, 0.15) is 36.4 Å². The smallest absolute Gasteiger partial charge is 0.207 e. The highest BCUT2D eigenvalue weighted by atomic mass is 16.5. The van der Waals surface area contributed by atoms with Gasteiger partial charge >= 0.3 is 0 Å². The number of fused-ring (bicyclic) bond motifs is 1. The van der Waals surface area contributed by atoms with Gasteiger partial charge < -0.3 is 19.9 Å². The van der Waals surface area contributed by atoms with Crippen LogP contribution in [0.25, 0.3) is 11.2 Å². The summed E-state index contributed by atoms with van der Waals surface area (Å²) < 4.78 is 5.57. The van der Waals surface area contributed by atoms with Crippen LogP contribution in [0.4, 0.5) is 17.5 Å². The fraction of sp³-hybridized carbons (Fsp3) is 0.346. The molecule has 0 atom stereocenters. The van der Waals surface area contributed by atoms with Gasteiger partial charge in [0.15, 0.2) is 11.5 Å². The first kappa shape index (κ1) is 21.4. The van der Waals surface area contributed by atoms with Gasteiger partial charge in [0.25, 0.3) is 0 Å². The van der Waals surface area contributed by atoms with E-state index in [2.05, 4.69) is 71.5 Å². The van der Waals surface area contributed by atoms with Gasteiger partial charge in [0.2, 0.25) is 5.95 Å². The Kier molecular flexibility index (Phi) is 6.21. The number of hydrogen-bond donors (Lipinski definition) is 2. The molecule has 0 amide bonds. The third-order valence-corrected chi connectivity index (χ3v) is 6.05. The van der Waals surface area contributed by atoms with Crippen LogP contribution in [0.2, 0.25) is 0 Å². The standard InChI is InChI=1S/C26H30N6O/c1-3-18-7-5-9-20(15-18)17-22-28-24-23(25(29-22)32-11-13-33-14-12-32)30-26(31-24)27-21-10-6-8-19(4-2)16-21/h5-10,15-16H,3-4,11-14,17H2,1-2H3,(H2,27,28,29,30,31). The number of aryl methyl sites for hydroxylation is 2. The average molecular weight is 443 g/mol. The minimum Gasteiger partial charge on any atom is -0.378 e. The SMILES string of the molecule is CCc1cccc(Cc2nc(N3CCOCC3)c3[nH]c(Nc4cccc(CC)c4)nc3n2)c1. The van der Waals surface area contributed by atoms with Crippen LogP contribution in [-0.4, -0.2) is 46.2 Å². The zero-order valence-corrected chi connectivity index (χ0v) is 19.3. The summed E-state index contributed by atoms with van der Waals surface area (Å²) in [5, 5.41) is 3.40. The van der Waals surface area contributed by atoms with Gasteiger partial charge in [-0.1, -0.05) is 50.2 Å². The van der Waals surface area contributed by atoms with E-state index in [1.54, 1.807) is 0 Å². The molecule has 1 aliphatic rings. The highest BCUT2D eigenvalue weighted by Crippen LogP contribution is 2.27. The van der Waals surface area contributed by atoms with Crippen LogP contribution >= 0.6 is 0 Å². The molecule has 1 aliphatic heterocycles. The number of aromatic nitrogens is 4. The molecule has 7 heteroatoms. The summed E-state index contributed by atoms with van der Waals surface area (Å²) >= 11 is 0. The van der Waals surface area contributed by atoms with Crippen molar-refractivity contribution >= 4 is 28.6 Å². The maximum absolute atomic E-state index is 5.57. The first-order chi connectivity index (χ1) is 16.2. The van der Waals surface area contributed by atoms with E-state index < -0.39 is 0 Å². The lowest BCUT2D eigenvalue weighted by molar-refractivity contribution is 0.122. The average Bonchev–Trinajstić information content (AvgIpc) is 3.26. The molecule has 33 heavy (non-hydrogen) atoms. The van der Waals surface area contributed by atoms with Crippen LogP contribution in [-0.2, 0) is 24.0 Å². The van der Waals surface area contributed by atoms with E-state index >= 15 is 0 Å². The number of rotatable bonds is 7. The Balaban J connectivity index is 1.51. The van der Waals surface area contributed by atoms with Gasteiger partial charge in [0, 0.05) is 25.2 Å². The minimum atomic E-state index is 0.673. The van der Waals surface area contributed by atoms with Gasteiger partial charge in [-0.05, 0) is 41.7 Å². The topological polar surface area (TPSA) is 79.0 Å². The molecular weight excluding hydrogens is 412 g/mol. The van der Waals surface area contributed by atoms with E-state index in [9.17, 15) is 0 Å².